The van der Waals surface area contributed by atoms with Crippen molar-refractivity contribution >= 4 is 54.8 Å². The maximum atomic E-state index is 12.5. The number of para-hydroxylation sites is 2. The highest BCUT2D eigenvalue weighted by atomic mass is 32.2. The summed E-state index contributed by atoms with van der Waals surface area (Å²) in [6, 6.07) is 16.5. The number of fused-ring (bicyclic) bond motifs is 1. The van der Waals surface area contributed by atoms with Crippen LogP contribution in [0.15, 0.2) is 77.1 Å². The fraction of sp³-hybridized carbons (Fsp3) is 0.0455. The zero-order valence-corrected chi connectivity index (χ0v) is 18.6. The fourth-order valence-electron chi connectivity index (χ4n) is 2.95. The van der Waals surface area contributed by atoms with E-state index in [1.165, 1.54) is 47.7 Å². The summed E-state index contributed by atoms with van der Waals surface area (Å²) in [7, 11) is -3.96. The van der Waals surface area contributed by atoms with Gasteiger partial charge in [0.15, 0.2) is 0 Å². The molecule has 4 N–H and O–H groups in total. The lowest BCUT2D eigenvalue weighted by atomic mass is 10.2. The second-order valence-electron chi connectivity index (χ2n) is 6.91. The van der Waals surface area contributed by atoms with E-state index in [-0.39, 0.29) is 28.4 Å². The van der Waals surface area contributed by atoms with Crippen LogP contribution in [0.5, 0.6) is 5.75 Å². The minimum Gasteiger partial charge on any atom is -0.506 e. The van der Waals surface area contributed by atoms with Crippen LogP contribution in [0.3, 0.4) is 0 Å². The van der Waals surface area contributed by atoms with Gasteiger partial charge >= 0.3 is 0 Å². The van der Waals surface area contributed by atoms with Gasteiger partial charge in [-0.3, -0.25) is 14.3 Å². The SMILES string of the molecule is O=C(CNC(=O)c1ccc(S(=O)(=O)Nc2ccccc2O)cc1)Nc1ccc2ncsc2c1. The predicted octanol–water partition coefficient (Wildman–Crippen LogP) is 3.17. The number of rotatable bonds is 7. The standard InChI is InChI=1S/C22H18N4O5S2/c27-19-4-2-1-3-17(19)26-33(30,31)16-8-5-14(6-9-16)22(29)23-12-21(28)25-15-7-10-18-20(11-15)32-13-24-18/h1-11,13,26-27H,12H2,(H,23,29)(H,25,28). The molecule has 0 aliphatic rings. The minimum absolute atomic E-state index is 0.0415. The first-order valence-electron chi connectivity index (χ1n) is 9.64. The Bertz CT molecular complexity index is 1430. The topological polar surface area (TPSA) is 137 Å². The molecular weight excluding hydrogens is 464 g/mol. The number of amides is 2. The summed E-state index contributed by atoms with van der Waals surface area (Å²) in [6.45, 7) is -0.256. The minimum atomic E-state index is -3.96. The third-order valence-corrected chi connectivity index (χ3v) is 6.77. The molecule has 0 saturated carbocycles. The zero-order valence-electron chi connectivity index (χ0n) is 17.0. The summed E-state index contributed by atoms with van der Waals surface area (Å²) in [5.74, 6) is -1.14. The van der Waals surface area contributed by atoms with Crippen molar-refractivity contribution in [2.75, 3.05) is 16.6 Å². The second kappa shape index (κ2) is 9.27. The molecule has 0 unspecified atom stereocenters. The van der Waals surface area contributed by atoms with E-state index >= 15 is 0 Å². The molecule has 4 rings (SSSR count). The molecule has 0 spiro atoms. The first kappa shape index (κ1) is 22.2. The zero-order chi connectivity index (χ0) is 23.4. The summed E-state index contributed by atoms with van der Waals surface area (Å²) >= 11 is 1.46. The van der Waals surface area contributed by atoms with E-state index in [4.69, 9.17) is 0 Å². The molecular formula is C22H18N4O5S2. The van der Waals surface area contributed by atoms with Gasteiger partial charge in [0.2, 0.25) is 5.91 Å². The van der Waals surface area contributed by atoms with Gasteiger partial charge < -0.3 is 15.7 Å². The third kappa shape index (κ3) is 5.27. The van der Waals surface area contributed by atoms with Gasteiger partial charge in [-0.15, -0.1) is 11.3 Å². The Morgan fingerprint density at radius 3 is 2.52 bits per heavy atom. The van der Waals surface area contributed by atoms with Gasteiger partial charge in [0.25, 0.3) is 15.9 Å². The van der Waals surface area contributed by atoms with Crippen molar-refractivity contribution in [3.63, 3.8) is 0 Å². The molecule has 0 aliphatic heterocycles. The number of hydrogen-bond donors (Lipinski definition) is 4. The second-order valence-corrected chi connectivity index (χ2v) is 9.48. The van der Waals surface area contributed by atoms with Crippen LogP contribution in [-0.4, -0.2) is 36.9 Å². The number of benzene rings is 3. The number of sulfonamides is 1. The molecule has 0 atom stereocenters. The van der Waals surface area contributed by atoms with Crippen molar-refractivity contribution in [1.82, 2.24) is 10.3 Å². The lowest BCUT2D eigenvalue weighted by molar-refractivity contribution is -0.115. The number of carbonyl (C=O) groups is 2. The Balaban J connectivity index is 1.34. The Morgan fingerprint density at radius 2 is 1.76 bits per heavy atom. The Labute approximate surface area is 193 Å². The average Bonchev–Trinajstić information content (AvgIpc) is 3.27. The summed E-state index contributed by atoms with van der Waals surface area (Å²) in [5, 5.41) is 15.0. The largest absolute Gasteiger partial charge is 0.506 e. The smallest absolute Gasteiger partial charge is 0.262 e. The summed E-state index contributed by atoms with van der Waals surface area (Å²) < 4.78 is 28.2. The van der Waals surface area contributed by atoms with Gasteiger partial charge in [-0.05, 0) is 54.6 Å². The number of hydrogen-bond acceptors (Lipinski definition) is 7. The normalized spacial score (nSPS) is 11.2. The number of phenolic OH excluding ortho intramolecular Hbond substituents is 1. The van der Waals surface area contributed by atoms with Crippen LogP contribution in [0, 0.1) is 0 Å². The van der Waals surface area contributed by atoms with Gasteiger partial charge in [0.05, 0.1) is 32.9 Å². The van der Waals surface area contributed by atoms with Crippen molar-refractivity contribution < 1.29 is 23.1 Å². The van der Waals surface area contributed by atoms with Crippen LogP contribution in [-0.2, 0) is 14.8 Å². The molecule has 0 aliphatic carbocycles. The molecule has 1 heterocycles. The highest BCUT2D eigenvalue weighted by Crippen LogP contribution is 2.25. The van der Waals surface area contributed by atoms with E-state index in [1.54, 1.807) is 35.8 Å². The Morgan fingerprint density at radius 1 is 1.00 bits per heavy atom. The lowest BCUT2D eigenvalue weighted by Crippen LogP contribution is -2.32. The van der Waals surface area contributed by atoms with Gasteiger partial charge in [-0.1, -0.05) is 12.1 Å². The summed E-state index contributed by atoms with van der Waals surface area (Å²) in [4.78, 5) is 28.6. The molecule has 11 heteroatoms. The highest BCUT2D eigenvalue weighted by Gasteiger charge is 2.17. The fourth-order valence-corrected chi connectivity index (χ4v) is 4.74. The predicted molar refractivity (Wildman–Crippen MR) is 126 cm³/mol. The molecule has 9 nitrogen and oxygen atoms in total. The van der Waals surface area contributed by atoms with E-state index in [0.717, 1.165) is 10.2 Å². The first-order chi connectivity index (χ1) is 15.8. The van der Waals surface area contributed by atoms with E-state index in [0.29, 0.717) is 5.69 Å². The van der Waals surface area contributed by atoms with Crippen LogP contribution >= 0.6 is 11.3 Å². The van der Waals surface area contributed by atoms with Gasteiger partial charge in [0.1, 0.15) is 5.75 Å². The number of aromatic nitrogens is 1. The number of aromatic hydroxyl groups is 1. The Hall–Kier alpha value is -3.96. The molecule has 168 valence electrons. The highest BCUT2D eigenvalue weighted by molar-refractivity contribution is 7.92. The number of anilines is 2. The van der Waals surface area contributed by atoms with E-state index < -0.39 is 21.8 Å². The van der Waals surface area contributed by atoms with E-state index in [2.05, 4.69) is 20.3 Å². The molecule has 0 saturated heterocycles. The number of nitrogens with one attached hydrogen (secondary N) is 3. The molecule has 0 fully saturated rings. The Kier molecular flexibility index (Phi) is 6.24. The van der Waals surface area contributed by atoms with Crippen LogP contribution in [0.1, 0.15) is 10.4 Å². The molecule has 0 radical (unpaired) electrons. The van der Waals surface area contributed by atoms with Gasteiger partial charge in [-0.25, -0.2) is 13.4 Å². The number of carbonyl (C=O) groups excluding carboxylic acids is 2. The number of thiazole rings is 1. The number of phenols is 1. The maximum Gasteiger partial charge on any atom is 0.262 e. The van der Waals surface area contributed by atoms with Crippen LogP contribution in [0.25, 0.3) is 10.2 Å². The number of nitrogens with zero attached hydrogens (tertiary/aromatic N) is 1. The van der Waals surface area contributed by atoms with Crippen molar-refractivity contribution in [3.8, 4) is 5.75 Å². The molecule has 1 aromatic heterocycles. The lowest BCUT2D eigenvalue weighted by Gasteiger charge is -2.10. The first-order valence-corrected chi connectivity index (χ1v) is 12.0. The van der Waals surface area contributed by atoms with Crippen molar-refractivity contribution in [2.45, 2.75) is 4.90 Å². The summed E-state index contributed by atoms with van der Waals surface area (Å²) in [5.41, 5.74) is 3.38. The molecule has 4 aromatic rings. The van der Waals surface area contributed by atoms with Crippen molar-refractivity contribution in [1.29, 1.82) is 0 Å². The molecule has 33 heavy (non-hydrogen) atoms. The monoisotopic (exact) mass is 482 g/mol. The van der Waals surface area contributed by atoms with Crippen LogP contribution in [0.4, 0.5) is 11.4 Å². The van der Waals surface area contributed by atoms with Crippen molar-refractivity contribution in [2.24, 2.45) is 0 Å². The average molecular weight is 483 g/mol. The van der Waals surface area contributed by atoms with E-state index in [1.807, 2.05) is 0 Å². The van der Waals surface area contributed by atoms with Crippen molar-refractivity contribution in [3.05, 3.63) is 77.8 Å². The molecule has 0 bridgehead atoms. The third-order valence-electron chi connectivity index (χ3n) is 4.60. The van der Waals surface area contributed by atoms with Crippen LogP contribution < -0.4 is 15.4 Å². The molecule has 2 amide bonds. The van der Waals surface area contributed by atoms with Crippen LogP contribution in [0.2, 0.25) is 0 Å². The summed E-state index contributed by atoms with van der Waals surface area (Å²) in [6.07, 6.45) is 0. The molecule has 3 aromatic carbocycles. The van der Waals surface area contributed by atoms with Gasteiger partial charge in [-0.2, -0.15) is 0 Å². The van der Waals surface area contributed by atoms with Gasteiger partial charge in [0, 0.05) is 11.3 Å². The van der Waals surface area contributed by atoms with E-state index in [9.17, 15) is 23.1 Å². The maximum absolute atomic E-state index is 12.5. The quantitative estimate of drug-likeness (QED) is 0.299.